The maximum atomic E-state index is 13.3. The van der Waals surface area contributed by atoms with Crippen molar-refractivity contribution in [1.82, 2.24) is 15.4 Å². The number of hydrazone groups is 2. The van der Waals surface area contributed by atoms with Crippen LogP contribution in [0.4, 0.5) is 23.3 Å². The molecule has 0 saturated carbocycles. The van der Waals surface area contributed by atoms with E-state index in [1.807, 2.05) is 67.6 Å². The van der Waals surface area contributed by atoms with Crippen molar-refractivity contribution < 1.29 is 21.6 Å². The second kappa shape index (κ2) is 16.6. The highest BCUT2D eigenvalue weighted by Gasteiger charge is 2.29. The lowest BCUT2D eigenvalue weighted by Crippen LogP contribution is -2.40. The number of para-hydroxylation sites is 1. The van der Waals surface area contributed by atoms with Gasteiger partial charge in [0.15, 0.2) is 25.5 Å². The van der Waals surface area contributed by atoms with Gasteiger partial charge in [-0.1, -0.05) is 72.8 Å². The molecule has 1 aliphatic rings. The average molecular weight is 779 g/mol. The van der Waals surface area contributed by atoms with E-state index in [1.165, 1.54) is 18.4 Å². The summed E-state index contributed by atoms with van der Waals surface area (Å²) in [5.74, 6) is 0.987. The highest BCUT2D eigenvalue weighted by Crippen LogP contribution is 2.38. The summed E-state index contributed by atoms with van der Waals surface area (Å²) in [5.41, 5.74) is 10.9. The Hall–Kier alpha value is -5.93. The summed E-state index contributed by atoms with van der Waals surface area (Å²) in [5, 5.41) is 12.3. The minimum atomic E-state index is -3.34. The standard InChI is InChI=1S/C40H42N8O5S2/c1-27(29-15-19-34(20-16-29)54(3,50)51)44-46-37-36(31-11-7-5-8-12-31)38(43-40(42-37)41-33-13-9-6-10-14-33)48-25-23-32(24-26-48)39(49)47-45-28(2)30-17-21-35(22-18-30)55(4,52)53/h5-22,32H,23-26H2,1-4H3,(H,47,49)(H2,41,42,43,46). The summed E-state index contributed by atoms with van der Waals surface area (Å²) in [4.78, 5) is 25.8. The van der Waals surface area contributed by atoms with Gasteiger partial charge >= 0.3 is 0 Å². The fourth-order valence-corrected chi connectivity index (χ4v) is 7.33. The highest BCUT2D eigenvalue weighted by molar-refractivity contribution is 7.91. The van der Waals surface area contributed by atoms with Crippen LogP contribution in [0.2, 0.25) is 0 Å². The van der Waals surface area contributed by atoms with Gasteiger partial charge in [0, 0.05) is 37.2 Å². The van der Waals surface area contributed by atoms with Crippen LogP contribution in [0.1, 0.15) is 37.8 Å². The molecule has 0 bridgehead atoms. The minimum Gasteiger partial charge on any atom is -0.356 e. The molecule has 0 atom stereocenters. The quantitative estimate of drug-likeness (QED) is 0.0965. The third-order valence-corrected chi connectivity index (χ3v) is 11.5. The fraction of sp³-hybridized carbons (Fsp3) is 0.225. The summed E-state index contributed by atoms with van der Waals surface area (Å²) >= 11 is 0. The summed E-state index contributed by atoms with van der Waals surface area (Å²) < 4.78 is 47.7. The molecule has 284 valence electrons. The Bertz CT molecular complexity index is 2430. The van der Waals surface area contributed by atoms with Crippen molar-refractivity contribution in [3.05, 3.63) is 120 Å². The van der Waals surface area contributed by atoms with E-state index in [9.17, 15) is 21.6 Å². The van der Waals surface area contributed by atoms with Crippen LogP contribution < -0.4 is 21.1 Å². The number of carbonyl (C=O) groups is 1. The lowest BCUT2D eigenvalue weighted by Gasteiger charge is -2.33. The summed E-state index contributed by atoms with van der Waals surface area (Å²) in [6.45, 7) is 4.64. The smallest absolute Gasteiger partial charge is 0.243 e. The Morgan fingerprint density at radius 1 is 0.691 bits per heavy atom. The number of nitrogens with one attached hydrogen (secondary N) is 3. The third kappa shape index (κ3) is 9.79. The number of anilines is 4. The maximum Gasteiger partial charge on any atom is 0.243 e. The highest BCUT2D eigenvalue weighted by atomic mass is 32.2. The number of nitrogens with zero attached hydrogens (tertiary/aromatic N) is 5. The van der Waals surface area contributed by atoms with Crippen LogP contribution in [0, 0.1) is 5.92 Å². The van der Waals surface area contributed by atoms with Gasteiger partial charge in [-0.2, -0.15) is 20.2 Å². The molecule has 1 amide bonds. The molecule has 6 rings (SSSR count). The first-order valence-corrected chi connectivity index (χ1v) is 21.3. The Morgan fingerprint density at radius 2 is 1.20 bits per heavy atom. The molecule has 2 heterocycles. The average Bonchev–Trinajstić information content (AvgIpc) is 3.19. The van der Waals surface area contributed by atoms with Gasteiger partial charge in [-0.3, -0.25) is 10.2 Å². The summed E-state index contributed by atoms with van der Waals surface area (Å²) in [6, 6.07) is 32.3. The molecule has 15 heteroatoms. The molecule has 0 unspecified atom stereocenters. The zero-order valence-corrected chi connectivity index (χ0v) is 32.5. The van der Waals surface area contributed by atoms with Crippen LogP contribution in [-0.2, 0) is 24.5 Å². The molecule has 1 fully saturated rings. The van der Waals surface area contributed by atoms with Crippen molar-refractivity contribution in [3.8, 4) is 11.1 Å². The first kappa shape index (κ1) is 38.8. The molecule has 1 aliphatic heterocycles. The molecule has 5 aromatic rings. The number of hydrogen-bond donors (Lipinski definition) is 3. The summed E-state index contributed by atoms with van der Waals surface area (Å²) in [7, 11) is -6.66. The van der Waals surface area contributed by atoms with Gasteiger partial charge in [0.1, 0.15) is 5.82 Å². The Morgan fingerprint density at radius 3 is 1.73 bits per heavy atom. The molecule has 1 aromatic heterocycles. The zero-order chi connectivity index (χ0) is 39.2. The number of piperidine rings is 1. The van der Waals surface area contributed by atoms with Crippen molar-refractivity contribution in [2.24, 2.45) is 16.1 Å². The molecule has 55 heavy (non-hydrogen) atoms. The minimum absolute atomic E-state index is 0.194. The Kier molecular flexibility index (Phi) is 11.7. The number of benzene rings is 4. The van der Waals surface area contributed by atoms with E-state index in [0.717, 1.165) is 28.6 Å². The topological polar surface area (TPSA) is 175 Å². The van der Waals surface area contributed by atoms with Crippen LogP contribution >= 0.6 is 0 Å². The second-order valence-electron chi connectivity index (χ2n) is 13.3. The number of sulfone groups is 2. The third-order valence-electron chi connectivity index (χ3n) is 9.21. The van der Waals surface area contributed by atoms with Crippen LogP contribution in [0.15, 0.2) is 129 Å². The first-order valence-electron chi connectivity index (χ1n) is 17.6. The van der Waals surface area contributed by atoms with E-state index < -0.39 is 19.7 Å². The van der Waals surface area contributed by atoms with Gasteiger partial charge in [0.2, 0.25) is 11.9 Å². The molecule has 0 radical (unpaired) electrons. The van der Waals surface area contributed by atoms with Crippen molar-refractivity contribution >= 4 is 60.3 Å². The molecule has 1 saturated heterocycles. The van der Waals surface area contributed by atoms with E-state index in [-0.39, 0.29) is 21.6 Å². The van der Waals surface area contributed by atoms with Crippen molar-refractivity contribution in [3.63, 3.8) is 0 Å². The van der Waals surface area contributed by atoms with Crippen LogP contribution in [0.25, 0.3) is 11.1 Å². The van der Waals surface area contributed by atoms with E-state index in [4.69, 9.17) is 9.97 Å². The fourth-order valence-electron chi connectivity index (χ4n) is 6.07. The number of rotatable bonds is 12. The van der Waals surface area contributed by atoms with Crippen LogP contribution in [0.5, 0.6) is 0 Å². The van der Waals surface area contributed by atoms with Crippen molar-refractivity contribution in [1.29, 1.82) is 0 Å². The number of aromatic nitrogens is 2. The van der Waals surface area contributed by atoms with Gasteiger partial charge in [-0.05, 0) is 79.8 Å². The van der Waals surface area contributed by atoms with Gasteiger partial charge in [0.05, 0.1) is 26.8 Å². The number of hydrogen-bond acceptors (Lipinski definition) is 12. The molecule has 13 nitrogen and oxygen atoms in total. The second-order valence-corrected chi connectivity index (χ2v) is 17.3. The van der Waals surface area contributed by atoms with Gasteiger partial charge in [-0.25, -0.2) is 22.3 Å². The largest absolute Gasteiger partial charge is 0.356 e. The van der Waals surface area contributed by atoms with Crippen LogP contribution in [0.3, 0.4) is 0 Å². The summed E-state index contributed by atoms with van der Waals surface area (Å²) in [6.07, 6.45) is 3.42. The van der Waals surface area contributed by atoms with Crippen molar-refractivity contribution in [2.45, 2.75) is 36.5 Å². The van der Waals surface area contributed by atoms with Gasteiger partial charge in [0.25, 0.3) is 0 Å². The Balaban J connectivity index is 1.27. The first-order chi connectivity index (χ1) is 26.3. The number of carbonyl (C=O) groups excluding carboxylic acids is 1. The van der Waals surface area contributed by atoms with Gasteiger partial charge < -0.3 is 10.2 Å². The SMILES string of the molecule is CC(=NNC(=O)C1CCN(c2nc(Nc3ccccc3)nc(NN=C(C)c3ccc(S(C)(=O)=O)cc3)c2-c2ccccc2)CC1)c1ccc(S(C)(=O)=O)cc1. The molecule has 3 N–H and O–H groups in total. The van der Waals surface area contributed by atoms with E-state index >= 15 is 0 Å². The van der Waals surface area contributed by atoms with E-state index in [0.29, 0.717) is 60.5 Å². The zero-order valence-electron chi connectivity index (χ0n) is 30.9. The molecule has 0 aliphatic carbocycles. The van der Waals surface area contributed by atoms with Gasteiger partial charge in [-0.15, -0.1) is 0 Å². The lowest BCUT2D eigenvalue weighted by atomic mass is 9.95. The monoisotopic (exact) mass is 778 g/mol. The predicted octanol–water partition coefficient (Wildman–Crippen LogP) is 6.29. The maximum absolute atomic E-state index is 13.3. The van der Waals surface area contributed by atoms with Crippen LogP contribution in [-0.4, -0.2) is 69.7 Å². The molecular weight excluding hydrogens is 737 g/mol. The Labute approximate surface area is 321 Å². The molecular formula is C40H42N8O5S2. The lowest BCUT2D eigenvalue weighted by molar-refractivity contribution is -0.125. The molecule has 0 spiro atoms. The van der Waals surface area contributed by atoms with Crippen molar-refractivity contribution in [2.75, 3.05) is 41.2 Å². The van der Waals surface area contributed by atoms with E-state index in [1.54, 1.807) is 43.3 Å². The van der Waals surface area contributed by atoms with E-state index in [2.05, 4.69) is 31.3 Å². The molecule has 4 aromatic carbocycles. The normalized spacial score (nSPS) is 14.4. The predicted molar refractivity (Wildman–Crippen MR) is 217 cm³/mol. The number of amides is 1.